The maximum Gasteiger partial charge on any atom is 0.140 e. The fourth-order valence-corrected chi connectivity index (χ4v) is 1.94. The molecule has 0 aromatic heterocycles. The van der Waals surface area contributed by atoms with E-state index in [-0.39, 0.29) is 11.5 Å². The van der Waals surface area contributed by atoms with Crippen LogP contribution in [0.5, 0.6) is 0 Å². The van der Waals surface area contributed by atoms with Crippen molar-refractivity contribution in [1.82, 2.24) is 5.32 Å². The van der Waals surface area contributed by atoms with E-state index in [1.807, 2.05) is 0 Å². The van der Waals surface area contributed by atoms with Gasteiger partial charge in [-0.1, -0.05) is 6.92 Å². The fourth-order valence-electron chi connectivity index (χ4n) is 1.94. The van der Waals surface area contributed by atoms with E-state index in [0.717, 1.165) is 19.4 Å². The Hall–Kier alpha value is -0.410. The van der Waals surface area contributed by atoms with Crippen molar-refractivity contribution in [1.29, 1.82) is 0 Å². The lowest BCUT2D eigenvalue weighted by Gasteiger charge is -2.29. The molecule has 80 valence electrons. The smallest absolute Gasteiger partial charge is 0.140 e. The van der Waals surface area contributed by atoms with Crippen LogP contribution in [0.4, 0.5) is 0 Å². The number of Topliss-reactive ketones (excluding diaryl/α,β-unsaturated/α-hetero) is 1. The number of hydrogen-bond donors (Lipinski definition) is 1. The SMILES string of the molecule is CC1COCC(CC(=O)C2(C)CC2)N1. The summed E-state index contributed by atoms with van der Waals surface area (Å²) in [6.07, 6.45) is 2.80. The van der Waals surface area contributed by atoms with Gasteiger partial charge in [0.05, 0.1) is 13.2 Å². The minimum Gasteiger partial charge on any atom is -0.378 e. The molecule has 1 saturated heterocycles. The summed E-state index contributed by atoms with van der Waals surface area (Å²) < 4.78 is 5.41. The largest absolute Gasteiger partial charge is 0.378 e. The van der Waals surface area contributed by atoms with Crippen molar-refractivity contribution in [3.8, 4) is 0 Å². The molecule has 0 bridgehead atoms. The zero-order chi connectivity index (χ0) is 10.2. The lowest BCUT2D eigenvalue weighted by Crippen LogP contribution is -2.48. The Balaban J connectivity index is 1.81. The average molecular weight is 197 g/mol. The Labute approximate surface area is 85.2 Å². The number of hydrogen-bond acceptors (Lipinski definition) is 3. The van der Waals surface area contributed by atoms with Gasteiger partial charge in [-0.05, 0) is 19.8 Å². The second-order valence-electron chi connectivity index (χ2n) is 4.99. The molecule has 2 rings (SSSR count). The van der Waals surface area contributed by atoms with Gasteiger partial charge in [0.15, 0.2) is 0 Å². The van der Waals surface area contributed by atoms with Crippen LogP contribution < -0.4 is 5.32 Å². The minimum absolute atomic E-state index is 0.0162. The standard InChI is InChI=1S/C11H19NO2/c1-8-6-14-7-9(12-8)5-10(13)11(2)3-4-11/h8-9,12H,3-7H2,1-2H3. The van der Waals surface area contributed by atoms with E-state index in [4.69, 9.17) is 4.74 Å². The Kier molecular flexibility index (Phi) is 2.62. The number of ether oxygens (including phenoxy) is 1. The van der Waals surface area contributed by atoms with Crippen molar-refractivity contribution in [2.45, 2.75) is 45.2 Å². The molecular weight excluding hydrogens is 178 g/mol. The van der Waals surface area contributed by atoms with Crippen molar-refractivity contribution in [3.05, 3.63) is 0 Å². The molecule has 0 spiro atoms. The molecule has 1 heterocycles. The molecule has 14 heavy (non-hydrogen) atoms. The third kappa shape index (κ3) is 2.15. The van der Waals surface area contributed by atoms with Crippen LogP contribution in [0, 0.1) is 5.41 Å². The van der Waals surface area contributed by atoms with Crippen molar-refractivity contribution >= 4 is 5.78 Å². The van der Waals surface area contributed by atoms with Gasteiger partial charge in [-0.25, -0.2) is 0 Å². The summed E-state index contributed by atoms with van der Waals surface area (Å²) >= 11 is 0. The first-order valence-corrected chi connectivity index (χ1v) is 5.47. The van der Waals surface area contributed by atoms with Gasteiger partial charge in [0.25, 0.3) is 0 Å². The van der Waals surface area contributed by atoms with E-state index in [1.165, 1.54) is 0 Å². The second kappa shape index (κ2) is 3.63. The monoisotopic (exact) mass is 197 g/mol. The lowest BCUT2D eigenvalue weighted by molar-refractivity contribution is -0.124. The lowest BCUT2D eigenvalue weighted by atomic mass is 9.97. The van der Waals surface area contributed by atoms with E-state index in [1.54, 1.807) is 0 Å². The summed E-state index contributed by atoms with van der Waals surface area (Å²) in [7, 11) is 0. The van der Waals surface area contributed by atoms with Crippen molar-refractivity contribution in [3.63, 3.8) is 0 Å². The van der Waals surface area contributed by atoms with Gasteiger partial charge in [0.1, 0.15) is 5.78 Å². The molecular formula is C11H19NO2. The maximum absolute atomic E-state index is 11.8. The van der Waals surface area contributed by atoms with Crippen LogP contribution in [0.15, 0.2) is 0 Å². The summed E-state index contributed by atoms with van der Waals surface area (Å²) in [5.74, 6) is 0.410. The molecule has 2 atom stereocenters. The molecule has 0 radical (unpaired) electrons. The van der Waals surface area contributed by atoms with Crippen molar-refractivity contribution in [2.24, 2.45) is 5.41 Å². The molecule has 1 aliphatic carbocycles. The average Bonchev–Trinajstić information content (AvgIpc) is 2.85. The molecule has 0 amide bonds. The highest BCUT2D eigenvalue weighted by Crippen LogP contribution is 2.46. The van der Waals surface area contributed by atoms with E-state index in [0.29, 0.717) is 24.9 Å². The van der Waals surface area contributed by atoms with Crippen LogP contribution in [0.2, 0.25) is 0 Å². The molecule has 2 fully saturated rings. The Morgan fingerprint density at radius 3 is 2.79 bits per heavy atom. The number of nitrogens with one attached hydrogen (secondary N) is 1. The molecule has 1 aliphatic heterocycles. The van der Waals surface area contributed by atoms with Crippen LogP contribution in [0.3, 0.4) is 0 Å². The van der Waals surface area contributed by atoms with Gasteiger partial charge in [0.2, 0.25) is 0 Å². The number of ketones is 1. The number of morpholine rings is 1. The molecule has 3 heteroatoms. The summed E-state index contributed by atoms with van der Waals surface area (Å²) in [5.41, 5.74) is 0.0162. The third-order valence-electron chi connectivity index (χ3n) is 3.31. The first kappa shape index (κ1) is 10.1. The van der Waals surface area contributed by atoms with Gasteiger partial charge in [-0.15, -0.1) is 0 Å². The highest BCUT2D eigenvalue weighted by molar-refractivity contribution is 5.87. The first-order chi connectivity index (χ1) is 6.60. The van der Waals surface area contributed by atoms with Crippen LogP contribution in [-0.4, -0.2) is 31.1 Å². The minimum atomic E-state index is 0.0162. The molecule has 1 saturated carbocycles. The quantitative estimate of drug-likeness (QED) is 0.737. The van der Waals surface area contributed by atoms with Crippen LogP contribution in [0.1, 0.15) is 33.1 Å². The Morgan fingerprint density at radius 2 is 2.21 bits per heavy atom. The zero-order valence-electron chi connectivity index (χ0n) is 9.01. The molecule has 0 aromatic carbocycles. The number of carbonyl (C=O) groups excluding carboxylic acids is 1. The number of carbonyl (C=O) groups is 1. The number of rotatable bonds is 3. The Morgan fingerprint density at radius 1 is 1.50 bits per heavy atom. The second-order valence-corrected chi connectivity index (χ2v) is 4.99. The third-order valence-corrected chi connectivity index (χ3v) is 3.31. The highest BCUT2D eigenvalue weighted by Gasteiger charge is 2.44. The van der Waals surface area contributed by atoms with E-state index in [9.17, 15) is 4.79 Å². The molecule has 1 N–H and O–H groups in total. The van der Waals surface area contributed by atoms with Crippen molar-refractivity contribution in [2.75, 3.05) is 13.2 Å². The fraction of sp³-hybridized carbons (Fsp3) is 0.909. The molecule has 3 nitrogen and oxygen atoms in total. The highest BCUT2D eigenvalue weighted by atomic mass is 16.5. The van der Waals surface area contributed by atoms with Crippen LogP contribution >= 0.6 is 0 Å². The van der Waals surface area contributed by atoms with Crippen LogP contribution in [-0.2, 0) is 9.53 Å². The summed E-state index contributed by atoms with van der Waals surface area (Å²) in [6, 6.07) is 0.622. The Bertz CT molecular complexity index is 235. The summed E-state index contributed by atoms with van der Waals surface area (Å²) in [5, 5.41) is 3.40. The topological polar surface area (TPSA) is 38.3 Å². The first-order valence-electron chi connectivity index (χ1n) is 5.47. The maximum atomic E-state index is 11.8. The van der Waals surface area contributed by atoms with Gasteiger partial charge in [0, 0.05) is 23.9 Å². The molecule has 0 aromatic rings. The van der Waals surface area contributed by atoms with Gasteiger partial charge in [-0.2, -0.15) is 0 Å². The van der Waals surface area contributed by atoms with Gasteiger partial charge in [-0.3, -0.25) is 4.79 Å². The molecule has 2 unspecified atom stereocenters. The van der Waals surface area contributed by atoms with Crippen LogP contribution in [0.25, 0.3) is 0 Å². The summed E-state index contributed by atoms with van der Waals surface area (Å²) in [6.45, 7) is 5.62. The zero-order valence-corrected chi connectivity index (χ0v) is 9.01. The van der Waals surface area contributed by atoms with E-state index >= 15 is 0 Å². The predicted molar refractivity (Wildman–Crippen MR) is 54.2 cm³/mol. The van der Waals surface area contributed by atoms with E-state index in [2.05, 4.69) is 19.2 Å². The summed E-state index contributed by atoms with van der Waals surface area (Å²) in [4.78, 5) is 11.8. The normalized spacial score (nSPS) is 35.3. The van der Waals surface area contributed by atoms with E-state index < -0.39 is 0 Å². The predicted octanol–water partition coefficient (Wildman–Crippen LogP) is 1.12. The van der Waals surface area contributed by atoms with Gasteiger partial charge < -0.3 is 10.1 Å². The van der Waals surface area contributed by atoms with Crippen molar-refractivity contribution < 1.29 is 9.53 Å². The molecule has 2 aliphatic rings. The van der Waals surface area contributed by atoms with Gasteiger partial charge >= 0.3 is 0 Å².